The third kappa shape index (κ3) is 4.20. The molecule has 1 aromatic heterocycles. The Morgan fingerprint density at radius 1 is 1.20 bits per heavy atom. The smallest absolute Gasteiger partial charge is 0.236 e. The Labute approximate surface area is 117 Å². The fourth-order valence-corrected chi connectivity index (χ4v) is 2.61. The summed E-state index contributed by atoms with van der Waals surface area (Å²) in [5, 5.41) is 0. The number of aryl methyl sites for hydroxylation is 1. The van der Waals surface area contributed by atoms with Gasteiger partial charge in [-0.05, 0) is 30.2 Å². The number of hydrogen-bond donors (Lipinski definition) is 1. The third-order valence-corrected chi connectivity index (χ3v) is 3.84. The molecule has 1 aromatic carbocycles. The normalized spacial score (nSPS) is 11.1. The van der Waals surface area contributed by atoms with Crippen LogP contribution in [0.25, 0.3) is 0 Å². The molecule has 1 heterocycles. The van der Waals surface area contributed by atoms with Crippen molar-refractivity contribution in [3.63, 3.8) is 0 Å². The summed E-state index contributed by atoms with van der Waals surface area (Å²) in [5.74, 6) is 0.746. The van der Waals surface area contributed by atoms with Crippen molar-refractivity contribution < 1.29 is 13.2 Å². The number of hydrogen-bond acceptors (Lipinski definition) is 5. The van der Waals surface area contributed by atoms with Crippen molar-refractivity contribution in [2.75, 3.05) is 17.6 Å². The molecule has 1 N–H and O–H groups in total. The Hall–Kier alpha value is -2.15. The number of anilines is 1. The van der Waals surface area contributed by atoms with Crippen LogP contribution in [0.2, 0.25) is 0 Å². The molecule has 0 bridgehead atoms. The Balaban J connectivity index is 1.98. The standard InChI is InChI=1S/C13H15N3O3S/c1-19-12-5-2-4-11(10-12)6-9-20(17,18)16-13-14-7-3-8-15-13/h2-5,7-8,10H,6,9H2,1H3,(H,14,15,16). The monoisotopic (exact) mass is 293 g/mol. The van der Waals surface area contributed by atoms with Gasteiger partial charge in [0.15, 0.2) is 0 Å². The fourth-order valence-electron chi connectivity index (χ4n) is 1.62. The molecule has 0 atom stereocenters. The van der Waals surface area contributed by atoms with Crippen molar-refractivity contribution in [1.82, 2.24) is 9.97 Å². The van der Waals surface area contributed by atoms with E-state index in [0.29, 0.717) is 12.2 Å². The maximum atomic E-state index is 11.9. The Bertz CT molecular complexity index is 660. The number of rotatable bonds is 6. The van der Waals surface area contributed by atoms with E-state index < -0.39 is 10.0 Å². The molecule has 0 radical (unpaired) electrons. The minimum Gasteiger partial charge on any atom is -0.497 e. The predicted molar refractivity (Wildman–Crippen MR) is 76.1 cm³/mol. The number of nitrogens with one attached hydrogen (secondary N) is 1. The molecule has 106 valence electrons. The first kappa shape index (κ1) is 14.3. The van der Waals surface area contributed by atoms with Gasteiger partial charge in [0.25, 0.3) is 0 Å². The second-order valence-electron chi connectivity index (χ2n) is 4.09. The molecule has 0 fully saturated rings. The molecule has 0 aliphatic carbocycles. The van der Waals surface area contributed by atoms with E-state index >= 15 is 0 Å². The highest BCUT2D eigenvalue weighted by Gasteiger charge is 2.12. The molecular weight excluding hydrogens is 278 g/mol. The highest BCUT2D eigenvalue weighted by atomic mass is 32.2. The van der Waals surface area contributed by atoms with Gasteiger partial charge in [0.1, 0.15) is 5.75 Å². The van der Waals surface area contributed by atoms with Crippen LogP contribution in [0.3, 0.4) is 0 Å². The van der Waals surface area contributed by atoms with Crippen molar-refractivity contribution in [3.8, 4) is 5.75 Å². The zero-order chi connectivity index (χ0) is 14.4. The van der Waals surface area contributed by atoms with Crippen LogP contribution >= 0.6 is 0 Å². The first-order chi connectivity index (χ1) is 9.59. The molecule has 0 saturated carbocycles. The van der Waals surface area contributed by atoms with Gasteiger partial charge in [0, 0.05) is 12.4 Å². The molecule has 7 heteroatoms. The summed E-state index contributed by atoms with van der Waals surface area (Å²) in [6, 6.07) is 8.93. The van der Waals surface area contributed by atoms with Crippen molar-refractivity contribution >= 4 is 16.0 Å². The van der Waals surface area contributed by atoms with Gasteiger partial charge in [-0.1, -0.05) is 12.1 Å². The topological polar surface area (TPSA) is 81.2 Å². The minimum atomic E-state index is -3.47. The van der Waals surface area contributed by atoms with E-state index in [1.54, 1.807) is 13.2 Å². The van der Waals surface area contributed by atoms with Gasteiger partial charge in [0.2, 0.25) is 16.0 Å². The second-order valence-corrected chi connectivity index (χ2v) is 5.94. The predicted octanol–water partition coefficient (Wildman–Crippen LogP) is 1.47. The summed E-state index contributed by atoms with van der Waals surface area (Å²) >= 11 is 0. The van der Waals surface area contributed by atoms with Crippen LogP contribution in [0.15, 0.2) is 42.7 Å². The van der Waals surface area contributed by atoms with Crippen molar-refractivity contribution in [2.45, 2.75) is 6.42 Å². The SMILES string of the molecule is COc1cccc(CCS(=O)(=O)Nc2ncccn2)c1. The zero-order valence-corrected chi connectivity index (χ0v) is 11.8. The highest BCUT2D eigenvalue weighted by molar-refractivity contribution is 7.92. The molecule has 0 spiro atoms. The lowest BCUT2D eigenvalue weighted by Gasteiger charge is -2.07. The molecule has 6 nitrogen and oxygen atoms in total. The number of ether oxygens (including phenoxy) is 1. The Kier molecular flexibility index (Phi) is 4.52. The summed E-state index contributed by atoms with van der Waals surface area (Å²) in [7, 11) is -1.89. The van der Waals surface area contributed by atoms with Crippen LogP contribution in [-0.4, -0.2) is 31.2 Å². The van der Waals surface area contributed by atoms with Gasteiger partial charge in [-0.15, -0.1) is 0 Å². The summed E-state index contributed by atoms with van der Waals surface area (Å²) in [4.78, 5) is 7.65. The number of sulfonamides is 1. The Morgan fingerprint density at radius 3 is 2.65 bits per heavy atom. The Morgan fingerprint density at radius 2 is 1.95 bits per heavy atom. The van der Waals surface area contributed by atoms with Gasteiger partial charge < -0.3 is 4.74 Å². The summed E-state index contributed by atoms with van der Waals surface area (Å²) in [6.07, 6.45) is 3.35. The van der Waals surface area contributed by atoms with E-state index in [9.17, 15) is 8.42 Å². The van der Waals surface area contributed by atoms with E-state index in [0.717, 1.165) is 5.56 Å². The molecule has 20 heavy (non-hydrogen) atoms. The van der Waals surface area contributed by atoms with Gasteiger partial charge in [-0.3, -0.25) is 4.72 Å². The van der Waals surface area contributed by atoms with Gasteiger partial charge >= 0.3 is 0 Å². The van der Waals surface area contributed by atoms with Gasteiger partial charge in [0.05, 0.1) is 12.9 Å². The summed E-state index contributed by atoms with van der Waals surface area (Å²) < 4.78 is 31.2. The van der Waals surface area contributed by atoms with Crippen LogP contribution in [-0.2, 0) is 16.4 Å². The highest BCUT2D eigenvalue weighted by Crippen LogP contribution is 2.13. The number of nitrogens with zero attached hydrogens (tertiary/aromatic N) is 2. The molecule has 0 unspecified atom stereocenters. The van der Waals surface area contributed by atoms with E-state index in [2.05, 4.69) is 14.7 Å². The largest absolute Gasteiger partial charge is 0.497 e. The molecule has 0 amide bonds. The van der Waals surface area contributed by atoms with Crippen molar-refractivity contribution in [2.24, 2.45) is 0 Å². The summed E-state index contributed by atoms with van der Waals surface area (Å²) in [6.45, 7) is 0. The van der Waals surface area contributed by atoms with Crippen LogP contribution in [0, 0.1) is 0 Å². The average Bonchev–Trinajstić information content (AvgIpc) is 2.46. The van der Waals surface area contributed by atoms with E-state index in [1.165, 1.54) is 12.4 Å². The van der Waals surface area contributed by atoms with Crippen molar-refractivity contribution in [3.05, 3.63) is 48.3 Å². The molecular formula is C13H15N3O3S. The molecule has 0 saturated heterocycles. The first-order valence-electron chi connectivity index (χ1n) is 5.99. The molecule has 0 aliphatic heterocycles. The van der Waals surface area contributed by atoms with Crippen molar-refractivity contribution in [1.29, 1.82) is 0 Å². The van der Waals surface area contributed by atoms with Gasteiger partial charge in [-0.25, -0.2) is 18.4 Å². The number of methoxy groups -OCH3 is 1. The maximum absolute atomic E-state index is 11.9. The van der Waals surface area contributed by atoms with E-state index in [4.69, 9.17) is 4.74 Å². The first-order valence-corrected chi connectivity index (χ1v) is 7.65. The van der Waals surface area contributed by atoms with Crippen LogP contribution in [0.1, 0.15) is 5.56 Å². The second kappa shape index (κ2) is 6.33. The van der Waals surface area contributed by atoms with Crippen LogP contribution in [0.5, 0.6) is 5.75 Å². The van der Waals surface area contributed by atoms with E-state index in [-0.39, 0.29) is 11.7 Å². The quantitative estimate of drug-likeness (QED) is 0.872. The maximum Gasteiger partial charge on any atom is 0.236 e. The van der Waals surface area contributed by atoms with Crippen LogP contribution < -0.4 is 9.46 Å². The lowest BCUT2D eigenvalue weighted by molar-refractivity contribution is 0.414. The molecule has 0 aliphatic rings. The lowest BCUT2D eigenvalue weighted by atomic mass is 10.2. The van der Waals surface area contributed by atoms with Gasteiger partial charge in [-0.2, -0.15) is 0 Å². The molecule has 2 aromatic rings. The minimum absolute atomic E-state index is 0.0432. The number of aromatic nitrogens is 2. The third-order valence-electron chi connectivity index (χ3n) is 2.61. The zero-order valence-electron chi connectivity index (χ0n) is 11.0. The lowest BCUT2D eigenvalue weighted by Crippen LogP contribution is -2.19. The van der Waals surface area contributed by atoms with Crippen LogP contribution in [0.4, 0.5) is 5.95 Å². The van der Waals surface area contributed by atoms with E-state index in [1.807, 2.05) is 24.3 Å². The molecule has 2 rings (SSSR count). The fraction of sp³-hybridized carbons (Fsp3) is 0.231. The average molecular weight is 293 g/mol. The summed E-state index contributed by atoms with van der Waals surface area (Å²) in [5.41, 5.74) is 0.892. The number of benzene rings is 1.